The molecule has 0 radical (unpaired) electrons. The molecule has 0 bridgehead atoms. The molecule has 0 aliphatic heterocycles. The van der Waals surface area contributed by atoms with E-state index in [1.807, 2.05) is 18.2 Å². The molecule has 1 aromatic carbocycles. The van der Waals surface area contributed by atoms with Gasteiger partial charge in [-0.3, -0.25) is 4.57 Å². The van der Waals surface area contributed by atoms with E-state index in [9.17, 15) is 5.26 Å². The Bertz CT molecular complexity index is 549. The van der Waals surface area contributed by atoms with Gasteiger partial charge in [0.2, 0.25) is 0 Å². The smallest absolute Gasteiger partial charge is 0.123 e. The Kier molecular flexibility index (Phi) is 3.58. The molecule has 2 aromatic rings. The number of rotatable bonds is 4. The van der Waals surface area contributed by atoms with Gasteiger partial charge < -0.3 is 4.90 Å². The number of hydrogen-bond donors (Lipinski definition) is 0. The van der Waals surface area contributed by atoms with Crippen molar-refractivity contribution in [3.8, 4) is 11.8 Å². The summed E-state index contributed by atoms with van der Waals surface area (Å²) in [4.78, 5) is 2.16. The molecule has 5 heteroatoms. The Hall–Kier alpha value is -2.35. The van der Waals surface area contributed by atoms with Crippen molar-refractivity contribution in [2.24, 2.45) is 0 Å². The summed E-state index contributed by atoms with van der Waals surface area (Å²) >= 11 is 0. The van der Waals surface area contributed by atoms with E-state index in [0.717, 1.165) is 24.5 Å². The summed E-state index contributed by atoms with van der Waals surface area (Å²) in [6.45, 7) is 5.94. The van der Waals surface area contributed by atoms with Crippen LogP contribution in [0.15, 0.2) is 30.9 Å². The van der Waals surface area contributed by atoms with Crippen LogP contribution in [0.3, 0.4) is 0 Å². The highest BCUT2D eigenvalue weighted by Crippen LogP contribution is 2.22. The third-order valence-electron chi connectivity index (χ3n) is 2.92. The maximum Gasteiger partial charge on any atom is 0.123 e. The van der Waals surface area contributed by atoms with Crippen LogP contribution < -0.4 is 4.90 Å². The molecule has 0 unspecified atom stereocenters. The summed E-state index contributed by atoms with van der Waals surface area (Å²) in [5.41, 5.74) is 2.54. The van der Waals surface area contributed by atoms with E-state index in [1.54, 1.807) is 17.2 Å². The summed E-state index contributed by atoms with van der Waals surface area (Å²) < 4.78 is 1.78. The van der Waals surface area contributed by atoms with Gasteiger partial charge in [-0.2, -0.15) is 5.26 Å². The first-order valence-electron chi connectivity index (χ1n) is 5.94. The fourth-order valence-electron chi connectivity index (χ4n) is 1.95. The third kappa shape index (κ3) is 2.18. The normalized spacial score (nSPS) is 10.1. The Morgan fingerprint density at radius 3 is 2.44 bits per heavy atom. The molecule has 0 amide bonds. The van der Waals surface area contributed by atoms with Crippen molar-refractivity contribution in [3.05, 3.63) is 36.4 Å². The standard InChI is InChI=1S/C13H15N5/c1-3-17(4-2)13-6-5-12(7-11(13)8-14)18-9-15-16-10-18/h5-7,9-10H,3-4H2,1-2H3. The fraction of sp³-hybridized carbons (Fsp3) is 0.308. The Balaban J connectivity index is 2.44. The fourth-order valence-corrected chi connectivity index (χ4v) is 1.95. The Morgan fingerprint density at radius 1 is 1.22 bits per heavy atom. The predicted octanol–water partition coefficient (Wildman–Crippen LogP) is 1.99. The maximum atomic E-state index is 9.26. The molecule has 5 nitrogen and oxygen atoms in total. The molecule has 0 fully saturated rings. The van der Waals surface area contributed by atoms with Crippen molar-refractivity contribution in [1.29, 1.82) is 5.26 Å². The van der Waals surface area contributed by atoms with Crippen LogP contribution in [0, 0.1) is 11.3 Å². The zero-order chi connectivity index (χ0) is 13.0. The van der Waals surface area contributed by atoms with Crippen LogP contribution in [0.4, 0.5) is 5.69 Å². The van der Waals surface area contributed by atoms with E-state index < -0.39 is 0 Å². The summed E-state index contributed by atoms with van der Waals surface area (Å²) in [6.07, 6.45) is 3.24. The second-order valence-electron chi connectivity index (χ2n) is 3.85. The minimum atomic E-state index is 0.671. The van der Waals surface area contributed by atoms with E-state index in [2.05, 4.69) is 35.0 Å². The van der Waals surface area contributed by atoms with Crippen molar-refractivity contribution in [1.82, 2.24) is 14.8 Å². The SMILES string of the molecule is CCN(CC)c1ccc(-n2cnnc2)cc1C#N. The lowest BCUT2D eigenvalue weighted by molar-refractivity contribution is 0.863. The second kappa shape index (κ2) is 5.32. The quantitative estimate of drug-likeness (QED) is 0.821. The van der Waals surface area contributed by atoms with Gasteiger partial charge in [0.25, 0.3) is 0 Å². The van der Waals surface area contributed by atoms with Crippen molar-refractivity contribution in [3.63, 3.8) is 0 Å². The van der Waals surface area contributed by atoms with Crippen LogP contribution in [0.25, 0.3) is 5.69 Å². The van der Waals surface area contributed by atoms with Gasteiger partial charge in [0.15, 0.2) is 0 Å². The lowest BCUT2D eigenvalue weighted by Gasteiger charge is -2.22. The van der Waals surface area contributed by atoms with Gasteiger partial charge in [0, 0.05) is 18.8 Å². The van der Waals surface area contributed by atoms with Crippen LogP contribution in [-0.4, -0.2) is 27.9 Å². The van der Waals surface area contributed by atoms with E-state index in [1.165, 1.54) is 0 Å². The zero-order valence-corrected chi connectivity index (χ0v) is 10.5. The molecule has 0 aliphatic carbocycles. The van der Waals surface area contributed by atoms with E-state index in [-0.39, 0.29) is 0 Å². The predicted molar refractivity (Wildman–Crippen MR) is 69.6 cm³/mol. The summed E-state index contributed by atoms with van der Waals surface area (Å²) in [6, 6.07) is 8.05. The number of nitrogens with zero attached hydrogens (tertiary/aromatic N) is 5. The van der Waals surface area contributed by atoms with Crippen LogP contribution >= 0.6 is 0 Å². The van der Waals surface area contributed by atoms with Gasteiger partial charge in [-0.25, -0.2) is 0 Å². The van der Waals surface area contributed by atoms with Crippen molar-refractivity contribution in [2.45, 2.75) is 13.8 Å². The second-order valence-corrected chi connectivity index (χ2v) is 3.85. The van der Waals surface area contributed by atoms with Crippen molar-refractivity contribution < 1.29 is 0 Å². The van der Waals surface area contributed by atoms with Gasteiger partial charge in [-0.1, -0.05) is 0 Å². The third-order valence-corrected chi connectivity index (χ3v) is 2.92. The van der Waals surface area contributed by atoms with Crippen molar-refractivity contribution >= 4 is 5.69 Å². The minimum Gasteiger partial charge on any atom is -0.371 e. The number of benzene rings is 1. The lowest BCUT2D eigenvalue weighted by Crippen LogP contribution is -2.22. The molecule has 2 rings (SSSR count). The molecule has 18 heavy (non-hydrogen) atoms. The number of anilines is 1. The summed E-state index contributed by atoms with van der Waals surface area (Å²) in [5.74, 6) is 0. The lowest BCUT2D eigenvalue weighted by atomic mass is 10.1. The average Bonchev–Trinajstić information content (AvgIpc) is 2.94. The monoisotopic (exact) mass is 241 g/mol. The molecule has 1 heterocycles. The van der Waals surface area contributed by atoms with Gasteiger partial charge in [-0.15, -0.1) is 10.2 Å². The molecule has 0 spiro atoms. The number of nitriles is 1. The maximum absolute atomic E-state index is 9.26. The zero-order valence-electron chi connectivity index (χ0n) is 10.5. The molecule has 0 saturated carbocycles. The minimum absolute atomic E-state index is 0.671. The van der Waals surface area contributed by atoms with Gasteiger partial charge in [0.05, 0.1) is 11.3 Å². The van der Waals surface area contributed by atoms with Gasteiger partial charge in [-0.05, 0) is 32.0 Å². The van der Waals surface area contributed by atoms with Gasteiger partial charge in [0.1, 0.15) is 18.7 Å². The first-order valence-corrected chi connectivity index (χ1v) is 5.94. The molecule has 1 aromatic heterocycles. The molecule has 0 atom stereocenters. The Labute approximate surface area is 106 Å². The largest absolute Gasteiger partial charge is 0.371 e. The first-order chi connectivity index (χ1) is 8.80. The van der Waals surface area contributed by atoms with Crippen LogP contribution in [0.1, 0.15) is 19.4 Å². The topological polar surface area (TPSA) is 57.7 Å². The molecule has 92 valence electrons. The van der Waals surface area contributed by atoms with Crippen LogP contribution in [0.5, 0.6) is 0 Å². The summed E-state index contributed by atoms with van der Waals surface area (Å²) in [5, 5.41) is 16.8. The molecule has 0 saturated heterocycles. The molecular formula is C13H15N5. The Morgan fingerprint density at radius 2 is 1.89 bits per heavy atom. The average molecular weight is 241 g/mol. The highest BCUT2D eigenvalue weighted by atomic mass is 15.2. The van der Waals surface area contributed by atoms with Gasteiger partial charge >= 0.3 is 0 Å². The van der Waals surface area contributed by atoms with E-state index in [0.29, 0.717) is 5.56 Å². The molecular weight excluding hydrogens is 226 g/mol. The highest BCUT2D eigenvalue weighted by Gasteiger charge is 2.09. The van der Waals surface area contributed by atoms with Crippen LogP contribution in [-0.2, 0) is 0 Å². The number of aromatic nitrogens is 3. The number of hydrogen-bond acceptors (Lipinski definition) is 4. The highest BCUT2D eigenvalue weighted by molar-refractivity contribution is 5.62. The van der Waals surface area contributed by atoms with E-state index in [4.69, 9.17) is 0 Å². The first kappa shape index (κ1) is 12.1. The van der Waals surface area contributed by atoms with Crippen molar-refractivity contribution in [2.75, 3.05) is 18.0 Å². The van der Waals surface area contributed by atoms with Crippen LogP contribution in [0.2, 0.25) is 0 Å². The molecule has 0 N–H and O–H groups in total. The summed E-state index contributed by atoms with van der Waals surface area (Å²) in [7, 11) is 0. The van der Waals surface area contributed by atoms with E-state index >= 15 is 0 Å². The molecule has 0 aliphatic rings.